The maximum Gasteiger partial charge on any atom is 0.146 e. The first-order chi connectivity index (χ1) is 11.4. The quantitative estimate of drug-likeness (QED) is 0.415. The molecule has 0 saturated carbocycles. The van der Waals surface area contributed by atoms with Crippen molar-refractivity contribution in [1.82, 2.24) is 0 Å². The van der Waals surface area contributed by atoms with Gasteiger partial charge < -0.3 is 4.42 Å². The molecule has 2 nitrogen and oxygen atoms in total. The number of hydrogen-bond acceptors (Lipinski definition) is 2. The van der Waals surface area contributed by atoms with Gasteiger partial charge in [-0.2, -0.15) is 0 Å². The summed E-state index contributed by atoms with van der Waals surface area (Å²) in [7, 11) is 0. The third-order valence-electron chi connectivity index (χ3n) is 3.25. The highest BCUT2D eigenvalue weighted by Gasteiger charge is 2.08. The van der Waals surface area contributed by atoms with Crippen LogP contribution in [0.2, 0.25) is 0 Å². The van der Waals surface area contributed by atoms with Gasteiger partial charge in [-0.15, -0.1) is 0 Å². The smallest absolute Gasteiger partial charge is 0.146 e. The molecule has 1 heterocycles. The van der Waals surface area contributed by atoms with Gasteiger partial charge in [0.1, 0.15) is 17.6 Å². The molecule has 0 amide bonds. The largest absolute Gasteiger partial charge is 0.456 e. The molecule has 0 atom stereocenters. The summed E-state index contributed by atoms with van der Waals surface area (Å²) in [6.45, 7) is 8.00. The van der Waals surface area contributed by atoms with Gasteiger partial charge in [-0.1, -0.05) is 85.1 Å². The van der Waals surface area contributed by atoms with Gasteiger partial charge >= 0.3 is 0 Å². The van der Waals surface area contributed by atoms with Crippen LogP contribution in [0.3, 0.4) is 0 Å². The number of furan rings is 1. The fourth-order valence-corrected chi connectivity index (χ4v) is 2.18. The van der Waals surface area contributed by atoms with Crippen molar-refractivity contribution in [2.45, 2.75) is 55.4 Å². The number of carbonyl (C=O) groups excluding carboxylic acids is 1. The second kappa shape index (κ2) is 14.0. The topological polar surface area (TPSA) is 30.2 Å². The van der Waals surface area contributed by atoms with Crippen LogP contribution in [0.25, 0.3) is 16.5 Å². The van der Waals surface area contributed by atoms with Gasteiger partial charge in [-0.25, -0.2) is 0 Å². The lowest BCUT2D eigenvalue weighted by Crippen LogP contribution is -1.87. The van der Waals surface area contributed by atoms with E-state index in [0.717, 1.165) is 40.6 Å². The van der Waals surface area contributed by atoms with E-state index in [2.05, 4.69) is 6.08 Å². The zero-order valence-corrected chi connectivity index (χ0v) is 14.5. The molecule has 1 aliphatic rings. The van der Waals surface area contributed by atoms with E-state index in [1.54, 1.807) is 0 Å². The van der Waals surface area contributed by atoms with Crippen molar-refractivity contribution in [3.8, 4) is 0 Å². The monoisotopic (exact) mass is 342 g/mol. The lowest BCUT2D eigenvalue weighted by atomic mass is 10.0. The van der Waals surface area contributed by atoms with Crippen molar-refractivity contribution in [3.05, 3.63) is 66.0 Å². The summed E-state index contributed by atoms with van der Waals surface area (Å²) in [6, 6.07) is 10.0. The highest BCUT2D eigenvalue weighted by atomic mass is 16.3. The maximum atomic E-state index is 10.9. The summed E-state index contributed by atoms with van der Waals surface area (Å²) < 4.78 is 5.85. The molecule has 2 aromatic rings. The van der Waals surface area contributed by atoms with Crippen LogP contribution in [0.1, 0.15) is 61.2 Å². The summed E-state index contributed by atoms with van der Waals surface area (Å²) in [6.07, 6.45) is 10.4. The van der Waals surface area contributed by atoms with E-state index in [1.807, 2.05) is 76.3 Å². The Bertz CT molecular complexity index is 667. The van der Waals surface area contributed by atoms with Crippen molar-refractivity contribution in [1.29, 1.82) is 0 Å². The minimum atomic E-state index is 0. The van der Waals surface area contributed by atoms with E-state index < -0.39 is 0 Å². The molecule has 0 bridgehead atoms. The van der Waals surface area contributed by atoms with Gasteiger partial charge in [0.15, 0.2) is 0 Å². The Morgan fingerprint density at radius 2 is 1.56 bits per heavy atom. The molecule has 0 unspecified atom stereocenters. The number of aldehydes is 1. The Morgan fingerprint density at radius 1 is 0.920 bits per heavy atom. The van der Waals surface area contributed by atoms with Crippen molar-refractivity contribution < 1.29 is 9.21 Å². The third-order valence-corrected chi connectivity index (χ3v) is 3.25. The van der Waals surface area contributed by atoms with Crippen LogP contribution in [0, 0.1) is 0 Å². The minimum Gasteiger partial charge on any atom is -0.456 e. The molecule has 0 saturated heterocycles. The molecule has 0 spiro atoms. The SMILES string of the molecule is C.C.CC.CC.O=C/C1=C/C=C(/c2cc3ccccc3o2)CC=CC1. The highest BCUT2D eigenvalue weighted by molar-refractivity contribution is 5.83. The molecule has 0 N–H and O–H groups in total. The Balaban J connectivity index is 0. The summed E-state index contributed by atoms with van der Waals surface area (Å²) in [5, 5.41) is 1.10. The average molecular weight is 343 g/mol. The van der Waals surface area contributed by atoms with Gasteiger partial charge in [-0.3, -0.25) is 4.79 Å². The van der Waals surface area contributed by atoms with Gasteiger partial charge in [0, 0.05) is 5.39 Å². The molecule has 2 heteroatoms. The first kappa shape index (κ1) is 24.9. The first-order valence-corrected chi connectivity index (χ1v) is 8.35. The maximum absolute atomic E-state index is 10.9. The van der Waals surface area contributed by atoms with E-state index in [-0.39, 0.29) is 14.9 Å². The van der Waals surface area contributed by atoms with Crippen LogP contribution in [0.15, 0.2) is 64.6 Å². The van der Waals surface area contributed by atoms with Gasteiger partial charge in [0.25, 0.3) is 0 Å². The summed E-state index contributed by atoms with van der Waals surface area (Å²) in [5.74, 6) is 0.870. The number of benzene rings is 1. The molecular weight excluding hydrogens is 308 g/mol. The fourth-order valence-electron chi connectivity index (χ4n) is 2.18. The summed E-state index contributed by atoms with van der Waals surface area (Å²) >= 11 is 0. The normalized spacial score (nSPS) is 16.5. The lowest BCUT2D eigenvalue weighted by molar-refractivity contribution is -0.105. The van der Waals surface area contributed by atoms with E-state index in [1.165, 1.54) is 0 Å². The minimum absolute atomic E-state index is 0. The number of rotatable bonds is 2. The molecule has 1 aliphatic carbocycles. The Hall–Kier alpha value is -2.35. The molecule has 25 heavy (non-hydrogen) atoms. The van der Waals surface area contributed by atoms with E-state index in [9.17, 15) is 4.79 Å². The number of hydrogen-bond donors (Lipinski definition) is 0. The molecule has 1 aromatic heterocycles. The number of allylic oxidation sites excluding steroid dienone is 6. The van der Waals surface area contributed by atoms with Crippen molar-refractivity contribution in [3.63, 3.8) is 0 Å². The van der Waals surface area contributed by atoms with Crippen molar-refractivity contribution in [2.24, 2.45) is 0 Å². The first-order valence-electron chi connectivity index (χ1n) is 8.35. The predicted molar refractivity (Wildman–Crippen MR) is 113 cm³/mol. The lowest BCUT2D eigenvalue weighted by Gasteiger charge is -2.03. The van der Waals surface area contributed by atoms with Crippen LogP contribution in [-0.2, 0) is 4.79 Å². The molecule has 0 radical (unpaired) electrons. The third kappa shape index (κ3) is 6.96. The van der Waals surface area contributed by atoms with E-state index in [4.69, 9.17) is 4.42 Å². The molecule has 1 aromatic carbocycles. The zero-order valence-electron chi connectivity index (χ0n) is 14.5. The predicted octanol–water partition coefficient (Wildman–Crippen LogP) is 7.62. The molecule has 3 rings (SSSR count). The van der Waals surface area contributed by atoms with Gasteiger partial charge in [-0.05, 0) is 36.1 Å². The summed E-state index contributed by atoms with van der Waals surface area (Å²) in [5.41, 5.74) is 2.76. The van der Waals surface area contributed by atoms with Gasteiger partial charge in [0.2, 0.25) is 0 Å². The van der Waals surface area contributed by atoms with Crippen LogP contribution < -0.4 is 0 Å². The highest BCUT2D eigenvalue weighted by Crippen LogP contribution is 2.27. The second-order valence-electron chi connectivity index (χ2n) is 4.58. The van der Waals surface area contributed by atoms with Crippen molar-refractivity contribution >= 4 is 22.8 Å². The molecule has 138 valence electrons. The molecular formula is C23H34O2. The standard InChI is InChI=1S/C17H14O2.2C2H6.2CH4/c18-12-13-5-1-2-6-14(10-9-13)17-11-15-7-3-4-8-16(15)19-17;2*1-2;;/h1-4,7-12H,5-6H2;2*1-2H3;2*1H4/b2-1?,13-9+,14-10+;;;;. The number of fused-ring (bicyclic) bond motifs is 1. The van der Waals surface area contributed by atoms with Crippen LogP contribution >= 0.6 is 0 Å². The zero-order chi connectivity index (χ0) is 17.1. The van der Waals surface area contributed by atoms with E-state index in [0.29, 0.717) is 6.42 Å². The second-order valence-corrected chi connectivity index (χ2v) is 4.58. The van der Waals surface area contributed by atoms with E-state index >= 15 is 0 Å². The molecule has 0 aliphatic heterocycles. The Morgan fingerprint density at radius 3 is 2.20 bits per heavy atom. The van der Waals surface area contributed by atoms with Gasteiger partial charge in [0.05, 0.1) is 0 Å². The van der Waals surface area contributed by atoms with Crippen molar-refractivity contribution in [2.75, 3.05) is 0 Å². The fraction of sp³-hybridized carbons (Fsp3) is 0.348. The Kier molecular flexibility index (Phi) is 14.0. The van der Waals surface area contributed by atoms with Crippen LogP contribution in [-0.4, -0.2) is 6.29 Å². The van der Waals surface area contributed by atoms with Crippen LogP contribution in [0.4, 0.5) is 0 Å². The molecule has 0 fully saturated rings. The summed E-state index contributed by atoms with van der Waals surface area (Å²) in [4.78, 5) is 10.9. The Labute approximate surface area is 153 Å². The van der Waals surface area contributed by atoms with Crippen LogP contribution in [0.5, 0.6) is 0 Å². The number of para-hydroxylation sites is 1. The number of carbonyl (C=O) groups is 1. The average Bonchev–Trinajstić information content (AvgIpc) is 3.02.